The third-order valence-corrected chi connectivity index (χ3v) is 6.44. The van der Waals surface area contributed by atoms with Crippen LogP contribution in [0.5, 0.6) is 5.75 Å². The van der Waals surface area contributed by atoms with Crippen molar-refractivity contribution in [2.45, 2.75) is 23.8 Å². The number of hydrogen-bond acceptors (Lipinski definition) is 6. The van der Waals surface area contributed by atoms with E-state index in [0.29, 0.717) is 46.3 Å². The Labute approximate surface area is 189 Å². The van der Waals surface area contributed by atoms with Crippen LogP contribution in [0.15, 0.2) is 68.9 Å². The number of benzene rings is 2. The lowest BCUT2D eigenvalue weighted by atomic mass is 9.81. The van der Waals surface area contributed by atoms with Crippen molar-refractivity contribution in [1.82, 2.24) is 0 Å². The van der Waals surface area contributed by atoms with Crippen LogP contribution in [0, 0.1) is 5.92 Å². The number of rotatable bonds is 8. The largest absolute Gasteiger partial charge is 0.513 e. The number of aliphatic hydroxyl groups excluding tert-OH is 1. The summed E-state index contributed by atoms with van der Waals surface area (Å²) in [6.07, 6.45) is 3.67. The van der Waals surface area contributed by atoms with Crippen molar-refractivity contribution in [3.05, 3.63) is 70.0 Å². The molecular formula is C24H23ClO5S. The number of ether oxygens (including phenoxy) is 2. The summed E-state index contributed by atoms with van der Waals surface area (Å²) in [6.45, 7) is 4.34. The molecule has 2 aromatic carbocycles. The fourth-order valence-electron chi connectivity index (χ4n) is 3.57. The molecule has 1 aliphatic carbocycles. The van der Waals surface area contributed by atoms with Gasteiger partial charge >= 0.3 is 0 Å². The maximum Gasteiger partial charge on any atom is 0.193 e. The van der Waals surface area contributed by atoms with E-state index in [-0.39, 0.29) is 23.2 Å². The molecule has 1 saturated carbocycles. The third-order valence-electron chi connectivity index (χ3n) is 5.42. The molecule has 0 bridgehead atoms. The summed E-state index contributed by atoms with van der Waals surface area (Å²) >= 11 is 7.85. The summed E-state index contributed by atoms with van der Waals surface area (Å²) in [6, 6.07) is 12.3. The lowest BCUT2D eigenvalue weighted by Crippen LogP contribution is -2.33. The molecule has 0 aliphatic heterocycles. The molecule has 0 amide bonds. The van der Waals surface area contributed by atoms with Crippen molar-refractivity contribution in [3.8, 4) is 17.1 Å². The monoisotopic (exact) mass is 458 g/mol. The normalized spacial score (nSPS) is 18.0. The van der Waals surface area contributed by atoms with Gasteiger partial charge in [-0.3, -0.25) is 4.79 Å². The van der Waals surface area contributed by atoms with E-state index in [1.165, 1.54) is 6.07 Å². The Balaban J connectivity index is 1.52. The first-order valence-corrected chi connectivity index (χ1v) is 11.6. The van der Waals surface area contributed by atoms with Gasteiger partial charge in [-0.25, -0.2) is 0 Å². The summed E-state index contributed by atoms with van der Waals surface area (Å²) in [5.41, 5.74) is 0.879. The molecule has 4 rings (SSSR count). The number of hydrogen-bond donors (Lipinski definition) is 1. The van der Waals surface area contributed by atoms with E-state index in [9.17, 15) is 9.90 Å². The van der Waals surface area contributed by atoms with Crippen molar-refractivity contribution in [2.75, 3.05) is 19.5 Å². The van der Waals surface area contributed by atoms with E-state index in [0.717, 1.165) is 17.7 Å². The number of aliphatic hydroxyl groups is 1. The minimum absolute atomic E-state index is 0.121. The predicted molar refractivity (Wildman–Crippen MR) is 124 cm³/mol. The highest BCUT2D eigenvalue weighted by Gasteiger charge is 2.31. The maximum atomic E-state index is 12.6. The molecule has 162 valence electrons. The average Bonchev–Trinajstić information content (AvgIpc) is 2.72. The van der Waals surface area contributed by atoms with Crippen molar-refractivity contribution in [1.29, 1.82) is 0 Å². The highest BCUT2D eigenvalue weighted by Crippen LogP contribution is 2.36. The summed E-state index contributed by atoms with van der Waals surface area (Å²) in [5.74, 6) is 1.38. The van der Waals surface area contributed by atoms with E-state index >= 15 is 0 Å². The lowest BCUT2D eigenvalue weighted by Gasteiger charge is -2.34. The number of halogens is 1. The molecule has 1 aromatic heterocycles. The van der Waals surface area contributed by atoms with Gasteiger partial charge < -0.3 is 19.0 Å². The Morgan fingerprint density at radius 3 is 2.81 bits per heavy atom. The number of allylic oxidation sites excluding steroid dienone is 1. The standard InChI is InChI=1S/C24H23ClO5S/c1-14(26)15-10-16(11-15)28-8-9-29-22-12-17(31-2)6-7-19(22)23-13-21(27)18-4-3-5-20(25)24(18)30-23/h3-7,12-13,15-16,26H,1,8-11H2,2H3. The van der Waals surface area contributed by atoms with Gasteiger partial charge in [0.1, 0.15) is 18.1 Å². The summed E-state index contributed by atoms with van der Waals surface area (Å²) < 4.78 is 17.8. The number of fused-ring (bicyclic) bond motifs is 1. The van der Waals surface area contributed by atoms with Crippen LogP contribution < -0.4 is 10.2 Å². The van der Waals surface area contributed by atoms with Gasteiger partial charge in [-0.2, -0.15) is 0 Å². The molecule has 0 saturated heterocycles. The molecule has 0 unspecified atom stereocenters. The Hall–Kier alpha value is -2.41. The van der Waals surface area contributed by atoms with E-state index in [2.05, 4.69) is 6.58 Å². The van der Waals surface area contributed by atoms with Crippen LogP contribution in [0.4, 0.5) is 0 Å². The smallest absolute Gasteiger partial charge is 0.193 e. The second kappa shape index (κ2) is 9.39. The first-order valence-electron chi connectivity index (χ1n) is 9.99. The van der Waals surface area contributed by atoms with E-state index in [4.69, 9.17) is 25.5 Å². The fraction of sp³-hybridized carbons (Fsp3) is 0.292. The first kappa shape index (κ1) is 21.8. The van der Waals surface area contributed by atoms with Crippen molar-refractivity contribution >= 4 is 34.3 Å². The van der Waals surface area contributed by atoms with Gasteiger partial charge in [-0.05, 0) is 49.4 Å². The van der Waals surface area contributed by atoms with Crippen LogP contribution in [-0.2, 0) is 4.74 Å². The maximum absolute atomic E-state index is 12.6. The Bertz CT molecular complexity index is 1170. The molecule has 0 spiro atoms. The molecule has 0 atom stereocenters. The predicted octanol–water partition coefficient (Wildman–Crippen LogP) is 6.08. The first-order chi connectivity index (χ1) is 15.0. The van der Waals surface area contributed by atoms with Gasteiger partial charge in [0.05, 0.1) is 34.4 Å². The zero-order valence-corrected chi connectivity index (χ0v) is 18.7. The molecule has 1 N–H and O–H groups in total. The topological polar surface area (TPSA) is 68.9 Å². The van der Waals surface area contributed by atoms with E-state index in [1.807, 2.05) is 24.5 Å². The van der Waals surface area contributed by atoms with Crippen molar-refractivity contribution in [2.24, 2.45) is 5.92 Å². The molecule has 31 heavy (non-hydrogen) atoms. The van der Waals surface area contributed by atoms with E-state index in [1.54, 1.807) is 30.0 Å². The highest BCUT2D eigenvalue weighted by atomic mass is 35.5. The Morgan fingerprint density at radius 2 is 2.06 bits per heavy atom. The van der Waals surface area contributed by atoms with Crippen molar-refractivity contribution in [3.63, 3.8) is 0 Å². The van der Waals surface area contributed by atoms with Crippen molar-refractivity contribution < 1.29 is 19.0 Å². The van der Waals surface area contributed by atoms with Gasteiger partial charge in [-0.15, -0.1) is 11.8 Å². The zero-order valence-electron chi connectivity index (χ0n) is 17.1. The van der Waals surface area contributed by atoms with Crippen LogP contribution in [0.3, 0.4) is 0 Å². The highest BCUT2D eigenvalue weighted by molar-refractivity contribution is 7.98. The molecule has 1 aliphatic rings. The van der Waals surface area contributed by atoms with E-state index < -0.39 is 0 Å². The quantitative estimate of drug-likeness (QED) is 0.250. The van der Waals surface area contributed by atoms with Gasteiger partial charge in [0.15, 0.2) is 11.0 Å². The third kappa shape index (κ3) is 4.76. The molecule has 5 nitrogen and oxygen atoms in total. The summed E-state index contributed by atoms with van der Waals surface area (Å²) in [4.78, 5) is 13.6. The Kier molecular flexibility index (Phi) is 6.60. The minimum atomic E-state index is -0.160. The molecular weight excluding hydrogens is 436 g/mol. The Morgan fingerprint density at radius 1 is 1.26 bits per heavy atom. The molecule has 7 heteroatoms. The van der Waals surface area contributed by atoms with Crippen LogP contribution in [0.2, 0.25) is 5.02 Å². The van der Waals surface area contributed by atoms with Crippen LogP contribution >= 0.6 is 23.4 Å². The second-order valence-electron chi connectivity index (χ2n) is 7.45. The molecule has 1 fully saturated rings. The van der Waals surface area contributed by atoms with Crippen LogP contribution in [0.1, 0.15) is 12.8 Å². The minimum Gasteiger partial charge on any atom is -0.513 e. The van der Waals surface area contributed by atoms with Crippen LogP contribution in [0.25, 0.3) is 22.3 Å². The van der Waals surface area contributed by atoms with Gasteiger partial charge in [0, 0.05) is 16.9 Å². The summed E-state index contributed by atoms with van der Waals surface area (Å²) in [7, 11) is 0. The van der Waals surface area contributed by atoms with Gasteiger partial charge in [0.2, 0.25) is 0 Å². The molecule has 1 heterocycles. The lowest BCUT2D eigenvalue weighted by molar-refractivity contribution is -0.0388. The summed E-state index contributed by atoms with van der Waals surface area (Å²) in [5, 5.41) is 10.2. The zero-order chi connectivity index (χ0) is 22.0. The van der Waals surface area contributed by atoms with Gasteiger partial charge in [-0.1, -0.05) is 24.2 Å². The fourth-order valence-corrected chi connectivity index (χ4v) is 4.21. The number of thioether (sulfide) groups is 1. The SMILES string of the molecule is C=C(O)C1CC(OCCOc2cc(SC)ccc2-c2cc(=O)c3cccc(Cl)c3o2)C1. The average molecular weight is 459 g/mol. The van der Waals surface area contributed by atoms with Gasteiger partial charge in [0.25, 0.3) is 0 Å². The number of para-hydroxylation sites is 1. The van der Waals surface area contributed by atoms with Crippen LogP contribution in [-0.4, -0.2) is 30.7 Å². The molecule has 3 aromatic rings. The molecule has 0 radical (unpaired) electrons. The second-order valence-corrected chi connectivity index (χ2v) is 8.74.